The Bertz CT molecular complexity index is 1070. The second kappa shape index (κ2) is 9.85. The van der Waals surface area contributed by atoms with Crippen molar-refractivity contribution in [2.24, 2.45) is 0 Å². The first-order valence-electron chi connectivity index (χ1n) is 10.9. The normalized spacial score (nSPS) is 22.1. The topological polar surface area (TPSA) is 85.3 Å². The third kappa shape index (κ3) is 4.56. The maximum absolute atomic E-state index is 13.1. The number of hydrogen-bond acceptors (Lipinski definition) is 6. The Hall–Kier alpha value is -3.03. The number of hydrogen-bond donors (Lipinski definition) is 1. The first-order valence-corrected chi connectivity index (χ1v) is 11.3. The van der Waals surface area contributed by atoms with E-state index in [1.165, 1.54) is 12.0 Å². The smallest absolute Gasteiger partial charge is 0.295 e. The molecule has 0 radical (unpaired) electrons. The molecule has 2 heterocycles. The van der Waals surface area contributed by atoms with Gasteiger partial charge in [0.05, 0.1) is 36.5 Å². The van der Waals surface area contributed by atoms with Gasteiger partial charge in [0.2, 0.25) is 0 Å². The lowest BCUT2D eigenvalue weighted by molar-refractivity contribution is -0.140. The van der Waals surface area contributed by atoms with Gasteiger partial charge in [0.25, 0.3) is 11.7 Å². The maximum Gasteiger partial charge on any atom is 0.295 e. The molecule has 2 aliphatic heterocycles. The number of Topliss-reactive ketones (excluding diaryl/α,β-unsaturated/α-hetero) is 1. The summed E-state index contributed by atoms with van der Waals surface area (Å²) in [5.74, 6) is -0.645. The summed E-state index contributed by atoms with van der Waals surface area (Å²) in [7, 11) is 1.46. The molecule has 1 amide bonds. The van der Waals surface area contributed by atoms with Crippen molar-refractivity contribution in [2.45, 2.75) is 31.9 Å². The summed E-state index contributed by atoms with van der Waals surface area (Å²) in [4.78, 5) is 27.7. The lowest BCUT2D eigenvalue weighted by Gasteiger charge is -2.27. The number of nitrogens with zero attached hydrogens (tertiary/aromatic N) is 1. The Morgan fingerprint density at radius 1 is 1.21 bits per heavy atom. The molecule has 2 aromatic rings. The maximum atomic E-state index is 13.1. The van der Waals surface area contributed by atoms with Crippen molar-refractivity contribution in [2.75, 3.05) is 26.9 Å². The van der Waals surface area contributed by atoms with Crippen molar-refractivity contribution >= 4 is 29.1 Å². The van der Waals surface area contributed by atoms with Gasteiger partial charge < -0.3 is 24.2 Å². The Kier molecular flexibility index (Phi) is 6.91. The van der Waals surface area contributed by atoms with Gasteiger partial charge in [-0.3, -0.25) is 9.59 Å². The van der Waals surface area contributed by atoms with E-state index in [1.54, 1.807) is 42.5 Å². The van der Waals surface area contributed by atoms with Crippen LogP contribution in [0.5, 0.6) is 11.5 Å². The van der Waals surface area contributed by atoms with E-state index in [2.05, 4.69) is 0 Å². The molecular formula is C25H26ClNO6. The zero-order chi connectivity index (χ0) is 23.5. The van der Waals surface area contributed by atoms with Crippen molar-refractivity contribution in [3.8, 4) is 11.5 Å². The second-order valence-electron chi connectivity index (χ2n) is 7.94. The van der Waals surface area contributed by atoms with Crippen LogP contribution in [0, 0.1) is 0 Å². The average Bonchev–Trinajstić information content (AvgIpc) is 3.42. The molecule has 2 saturated heterocycles. The summed E-state index contributed by atoms with van der Waals surface area (Å²) in [6.45, 7) is 3.32. The molecule has 0 aliphatic carbocycles. The van der Waals surface area contributed by atoms with Gasteiger partial charge in [0.15, 0.2) is 0 Å². The zero-order valence-electron chi connectivity index (χ0n) is 18.5. The molecule has 8 heteroatoms. The van der Waals surface area contributed by atoms with Crippen LogP contribution in [0.4, 0.5) is 0 Å². The van der Waals surface area contributed by atoms with Crippen LogP contribution in [-0.2, 0) is 14.3 Å². The van der Waals surface area contributed by atoms with Crippen LogP contribution in [0.3, 0.4) is 0 Å². The highest BCUT2D eigenvalue weighted by atomic mass is 35.5. The Labute approximate surface area is 197 Å². The minimum absolute atomic E-state index is 0.0199. The fourth-order valence-corrected chi connectivity index (χ4v) is 4.49. The number of carbonyl (C=O) groups is 2. The number of rotatable bonds is 7. The zero-order valence-corrected chi connectivity index (χ0v) is 19.3. The van der Waals surface area contributed by atoms with Crippen LogP contribution in [0.2, 0.25) is 5.02 Å². The molecule has 2 fully saturated rings. The van der Waals surface area contributed by atoms with Crippen molar-refractivity contribution < 1.29 is 28.9 Å². The van der Waals surface area contributed by atoms with E-state index in [-0.39, 0.29) is 24.0 Å². The van der Waals surface area contributed by atoms with Crippen LogP contribution in [0.1, 0.15) is 36.9 Å². The van der Waals surface area contributed by atoms with Gasteiger partial charge in [-0.05, 0) is 55.7 Å². The molecule has 0 bridgehead atoms. The summed E-state index contributed by atoms with van der Waals surface area (Å²) in [5, 5.41) is 11.6. The molecule has 174 valence electrons. The molecule has 0 saturated carbocycles. The fraction of sp³-hybridized carbons (Fsp3) is 0.360. The van der Waals surface area contributed by atoms with Gasteiger partial charge in [-0.15, -0.1) is 0 Å². The fourth-order valence-electron chi connectivity index (χ4n) is 4.30. The lowest BCUT2D eigenvalue weighted by atomic mass is 9.95. The summed E-state index contributed by atoms with van der Waals surface area (Å²) >= 11 is 6.12. The predicted octanol–water partition coefficient (Wildman–Crippen LogP) is 4.35. The van der Waals surface area contributed by atoms with Gasteiger partial charge >= 0.3 is 0 Å². The summed E-state index contributed by atoms with van der Waals surface area (Å²) < 4.78 is 16.5. The van der Waals surface area contributed by atoms with Crippen molar-refractivity contribution in [1.82, 2.24) is 4.90 Å². The summed E-state index contributed by atoms with van der Waals surface area (Å²) in [6.07, 6.45) is 1.57. The Balaban J connectivity index is 1.81. The van der Waals surface area contributed by atoms with Crippen LogP contribution in [-0.4, -0.2) is 54.7 Å². The molecule has 2 aliphatic rings. The molecule has 0 aromatic heterocycles. The van der Waals surface area contributed by atoms with Crippen LogP contribution in [0.25, 0.3) is 5.76 Å². The monoisotopic (exact) mass is 471 g/mol. The highest BCUT2D eigenvalue weighted by Crippen LogP contribution is 2.41. The van der Waals surface area contributed by atoms with E-state index in [0.717, 1.165) is 12.8 Å². The van der Waals surface area contributed by atoms with E-state index in [0.29, 0.717) is 40.9 Å². The van der Waals surface area contributed by atoms with E-state index in [4.69, 9.17) is 25.8 Å². The number of ether oxygens (including phenoxy) is 3. The Morgan fingerprint density at radius 3 is 2.61 bits per heavy atom. The van der Waals surface area contributed by atoms with Crippen LogP contribution < -0.4 is 9.47 Å². The van der Waals surface area contributed by atoms with Crippen molar-refractivity contribution in [3.05, 3.63) is 64.2 Å². The van der Waals surface area contributed by atoms with Gasteiger partial charge in [0, 0.05) is 18.7 Å². The van der Waals surface area contributed by atoms with E-state index < -0.39 is 17.7 Å². The number of amides is 1. The number of carbonyl (C=O) groups excluding carboxylic acids is 2. The number of halogens is 1. The molecular weight excluding hydrogens is 446 g/mol. The molecule has 2 unspecified atom stereocenters. The first kappa shape index (κ1) is 23.1. The number of ketones is 1. The second-order valence-corrected chi connectivity index (χ2v) is 8.35. The third-order valence-electron chi connectivity index (χ3n) is 5.90. The lowest BCUT2D eigenvalue weighted by Crippen LogP contribution is -2.36. The molecule has 7 nitrogen and oxygen atoms in total. The molecule has 1 N–H and O–H groups in total. The molecule has 33 heavy (non-hydrogen) atoms. The minimum Gasteiger partial charge on any atom is -0.507 e. The molecule has 2 atom stereocenters. The number of benzene rings is 2. The highest BCUT2D eigenvalue weighted by molar-refractivity contribution is 6.46. The van der Waals surface area contributed by atoms with E-state index >= 15 is 0 Å². The number of aliphatic hydroxyl groups is 1. The van der Waals surface area contributed by atoms with Gasteiger partial charge in [-0.2, -0.15) is 0 Å². The van der Waals surface area contributed by atoms with Crippen LogP contribution in [0.15, 0.2) is 48.0 Å². The molecule has 2 aromatic carbocycles. The van der Waals surface area contributed by atoms with E-state index in [9.17, 15) is 14.7 Å². The third-order valence-corrected chi connectivity index (χ3v) is 6.21. The van der Waals surface area contributed by atoms with Gasteiger partial charge in [-0.1, -0.05) is 23.7 Å². The quantitative estimate of drug-likeness (QED) is 0.367. The number of methoxy groups -OCH3 is 1. The number of likely N-dealkylation sites (tertiary alicyclic amines) is 1. The SMILES string of the molecule is CCOc1ccc(C2/C(=C(/O)c3ccc(Cl)c(OC)c3)C(=O)C(=O)N2CC2CCCO2)cc1. The van der Waals surface area contributed by atoms with Gasteiger partial charge in [-0.25, -0.2) is 0 Å². The average molecular weight is 472 g/mol. The van der Waals surface area contributed by atoms with Crippen molar-refractivity contribution in [3.63, 3.8) is 0 Å². The highest BCUT2D eigenvalue weighted by Gasteiger charge is 2.47. The standard InChI is InChI=1S/C25H26ClNO6/c1-3-32-17-9-6-15(7-10-17)22-21(23(28)16-8-11-19(26)20(13-16)31-2)24(29)25(30)27(22)14-18-5-4-12-33-18/h6-11,13,18,22,28H,3-5,12,14H2,1-2H3/b23-21-. The van der Waals surface area contributed by atoms with Crippen LogP contribution >= 0.6 is 11.6 Å². The van der Waals surface area contributed by atoms with E-state index in [1.807, 2.05) is 6.92 Å². The molecule has 0 spiro atoms. The largest absolute Gasteiger partial charge is 0.507 e. The summed E-state index contributed by atoms with van der Waals surface area (Å²) in [6, 6.07) is 11.1. The Morgan fingerprint density at radius 2 is 1.97 bits per heavy atom. The predicted molar refractivity (Wildman–Crippen MR) is 124 cm³/mol. The number of aliphatic hydroxyl groups excluding tert-OH is 1. The van der Waals surface area contributed by atoms with Crippen molar-refractivity contribution in [1.29, 1.82) is 0 Å². The van der Waals surface area contributed by atoms with Gasteiger partial charge in [0.1, 0.15) is 17.3 Å². The first-order chi connectivity index (χ1) is 15.9. The minimum atomic E-state index is -0.758. The molecule has 4 rings (SSSR count). The summed E-state index contributed by atoms with van der Waals surface area (Å²) in [5.41, 5.74) is 1.05.